The monoisotopic (exact) mass is 261 g/mol. The summed E-state index contributed by atoms with van der Waals surface area (Å²) < 4.78 is 10.3. The molecule has 6 nitrogen and oxygen atoms in total. The van der Waals surface area contributed by atoms with E-state index < -0.39 is 0 Å². The summed E-state index contributed by atoms with van der Waals surface area (Å²) in [5.41, 5.74) is 0. The highest BCUT2D eigenvalue weighted by molar-refractivity contribution is 5.57. The van der Waals surface area contributed by atoms with Gasteiger partial charge in [0, 0.05) is 0 Å². The predicted octanol–water partition coefficient (Wildman–Crippen LogP) is 1.88. The first-order chi connectivity index (χ1) is 9.36. The first-order valence-corrected chi connectivity index (χ1v) is 6.42. The summed E-state index contributed by atoms with van der Waals surface area (Å²) >= 11 is 0. The molecule has 6 heteroatoms. The van der Waals surface area contributed by atoms with Crippen LogP contribution in [0.25, 0.3) is 11.7 Å². The first kappa shape index (κ1) is 12.1. The predicted molar refractivity (Wildman–Crippen MR) is 66.1 cm³/mol. The Morgan fingerprint density at radius 3 is 3.21 bits per heavy atom. The molecule has 0 spiro atoms. The van der Waals surface area contributed by atoms with Crippen LogP contribution in [-0.2, 0) is 11.3 Å². The van der Waals surface area contributed by atoms with Gasteiger partial charge in [-0.25, -0.2) is 0 Å². The molecule has 1 aliphatic heterocycles. The smallest absolute Gasteiger partial charge is 0.293 e. The van der Waals surface area contributed by atoms with Gasteiger partial charge in [0.2, 0.25) is 0 Å². The number of rotatable bonds is 4. The van der Waals surface area contributed by atoms with Crippen LogP contribution >= 0.6 is 0 Å². The fourth-order valence-electron chi connectivity index (χ4n) is 2.37. The number of likely N-dealkylation sites (tertiary alicyclic amines) is 1. The molecule has 3 rings (SSSR count). The van der Waals surface area contributed by atoms with Gasteiger partial charge in [-0.2, -0.15) is 4.98 Å². The van der Waals surface area contributed by atoms with Gasteiger partial charge in [-0.15, -0.1) is 0 Å². The van der Waals surface area contributed by atoms with E-state index in [2.05, 4.69) is 15.0 Å². The Labute approximate surface area is 110 Å². The second-order valence-corrected chi connectivity index (χ2v) is 4.66. The van der Waals surface area contributed by atoms with E-state index in [4.69, 9.17) is 8.94 Å². The Morgan fingerprint density at radius 2 is 2.42 bits per heavy atom. The van der Waals surface area contributed by atoms with Crippen LogP contribution in [-0.4, -0.2) is 33.9 Å². The SMILES string of the molecule is O=CC1CCCCN1Cc1noc(-c2ccco2)n1. The Morgan fingerprint density at radius 1 is 1.47 bits per heavy atom. The number of hydrogen-bond acceptors (Lipinski definition) is 6. The molecule has 0 aromatic carbocycles. The Bertz CT molecular complexity index is 535. The lowest BCUT2D eigenvalue weighted by Gasteiger charge is -2.30. The topological polar surface area (TPSA) is 72.4 Å². The van der Waals surface area contributed by atoms with Crippen molar-refractivity contribution in [2.45, 2.75) is 31.8 Å². The molecule has 2 aromatic rings. The average Bonchev–Trinajstić information content (AvgIpc) is 3.09. The summed E-state index contributed by atoms with van der Waals surface area (Å²) in [5, 5.41) is 3.93. The number of nitrogens with zero attached hydrogens (tertiary/aromatic N) is 3. The number of aldehydes is 1. The minimum absolute atomic E-state index is 0.0284. The fraction of sp³-hybridized carbons (Fsp3) is 0.462. The molecule has 1 saturated heterocycles. The zero-order chi connectivity index (χ0) is 13.1. The molecule has 2 aromatic heterocycles. The molecule has 1 fully saturated rings. The van der Waals surface area contributed by atoms with Gasteiger partial charge in [0.1, 0.15) is 6.29 Å². The summed E-state index contributed by atoms with van der Waals surface area (Å²) in [4.78, 5) is 17.4. The number of hydrogen-bond donors (Lipinski definition) is 0. The minimum atomic E-state index is -0.0284. The average molecular weight is 261 g/mol. The van der Waals surface area contributed by atoms with Crippen molar-refractivity contribution in [3.05, 3.63) is 24.2 Å². The van der Waals surface area contributed by atoms with E-state index in [9.17, 15) is 4.79 Å². The number of carbonyl (C=O) groups is 1. The van der Waals surface area contributed by atoms with Crippen LogP contribution in [0.2, 0.25) is 0 Å². The van der Waals surface area contributed by atoms with Gasteiger partial charge >= 0.3 is 0 Å². The maximum absolute atomic E-state index is 11.0. The maximum Gasteiger partial charge on any atom is 0.293 e. The molecular weight excluding hydrogens is 246 g/mol. The lowest BCUT2D eigenvalue weighted by molar-refractivity contribution is -0.113. The molecule has 3 heterocycles. The second-order valence-electron chi connectivity index (χ2n) is 4.66. The van der Waals surface area contributed by atoms with Crippen molar-refractivity contribution < 1.29 is 13.7 Å². The highest BCUT2D eigenvalue weighted by atomic mass is 16.5. The van der Waals surface area contributed by atoms with Crippen LogP contribution in [0, 0.1) is 0 Å². The molecule has 1 atom stereocenters. The van der Waals surface area contributed by atoms with Gasteiger partial charge < -0.3 is 13.7 Å². The fourth-order valence-corrected chi connectivity index (χ4v) is 2.37. The van der Waals surface area contributed by atoms with Gasteiger partial charge in [-0.3, -0.25) is 4.90 Å². The molecule has 19 heavy (non-hydrogen) atoms. The van der Waals surface area contributed by atoms with E-state index in [1.807, 2.05) is 0 Å². The zero-order valence-corrected chi connectivity index (χ0v) is 10.5. The molecule has 100 valence electrons. The normalized spacial score (nSPS) is 20.5. The van der Waals surface area contributed by atoms with E-state index >= 15 is 0 Å². The van der Waals surface area contributed by atoms with Crippen molar-refractivity contribution in [1.82, 2.24) is 15.0 Å². The summed E-state index contributed by atoms with van der Waals surface area (Å²) in [6.07, 6.45) is 5.68. The van der Waals surface area contributed by atoms with Crippen molar-refractivity contribution in [3.63, 3.8) is 0 Å². The third-order valence-corrected chi connectivity index (χ3v) is 3.37. The van der Waals surface area contributed by atoms with Crippen molar-refractivity contribution in [3.8, 4) is 11.7 Å². The van der Waals surface area contributed by atoms with E-state index in [1.165, 1.54) is 0 Å². The molecule has 1 unspecified atom stereocenters. The Hall–Kier alpha value is -1.95. The first-order valence-electron chi connectivity index (χ1n) is 6.42. The van der Waals surface area contributed by atoms with Gasteiger partial charge in [-0.1, -0.05) is 11.6 Å². The van der Waals surface area contributed by atoms with E-state index in [0.717, 1.165) is 32.1 Å². The van der Waals surface area contributed by atoms with Crippen LogP contribution in [0.3, 0.4) is 0 Å². The molecule has 0 N–H and O–H groups in total. The zero-order valence-electron chi connectivity index (χ0n) is 10.5. The van der Waals surface area contributed by atoms with Crippen LogP contribution < -0.4 is 0 Å². The molecule has 0 aliphatic carbocycles. The lowest BCUT2D eigenvalue weighted by atomic mass is 10.0. The molecule has 0 radical (unpaired) electrons. The third-order valence-electron chi connectivity index (χ3n) is 3.37. The molecule has 1 aliphatic rings. The van der Waals surface area contributed by atoms with E-state index in [1.54, 1.807) is 18.4 Å². The third kappa shape index (κ3) is 2.58. The summed E-state index contributed by atoms with van der Waals surface area (Å²) in [6, 6.07) is 3.51. The van der Waals surface area contributed by atoms with E-state index in [0.29, 0.717) is 24.0 Å². The van der Waals surface area contributed by atoms with Gasteiger partial charge in [0.05, 0.1) is 18.8 Å². The van der Waals surface area contributed by atoms with Crippen LogP contribution in [0.1, 0.15) is 25.1 Å². The molecule has 0 saturated carbocycles. The van der Waals surface area contributed by atoms with Crippen molar-refractivity contribution >= 4 is 6.29 Å². The summed E-state index contributed by atoms with van der Waals surface area (Å²) in [6.45, 7) is 1.43. The summed E-state index contributed by atoms with van der Waals surface area (Å²) in [5.74, 6) is 1.52. The standard InChI is InChI=1S/C13H15N3O3/c17-9-10-4-1-2-6-16(10)8-12-14-13(19-15-12)11-5-3-7-18-11/h3,5,7,9-10H,1-2,4,6,8H2. The number of furan rings is 1. The van der Waals surface area contributed by atoms with Crippen molar-refractivity contribution in [1.29, 1.82) is 0 Å². The highest BCUT2D eigenvalue weighted by Gasteiger charge is 2.23. The highest BCUT2D eigenvalue weighted by Crippen LogP contribution is 2.20. The molecule has 0 amide bonds. The molecule has 0 bridgehead atoms. The number of aromatic nitrogens is 2. The van der Waals surface area contributed by atoms with Crippen LogP contribution in [0.4, 0.5) is 0 Å². The van der Waals surface area contributed by atoms with Gasteiger partial charge in [0.15, 0.2) is 11.6 Å². The molecular formula is C13H15N3O3. The van der Waals surface area contributed by atoms with Crippen molar-refractivity contribution in [2.24, 2.45) is 0 Å². The second kappa shape index (κ2) is 5.36. The maximum atomic E-state index is 11.0. The quantitative estimate of drug-likeness (QED) is 0.782. The largest absolute Gasteiger partial charge is 0.459 e. The Balaban J connectivity index is 1.71. The van der Waals surface area contributed by atoms with Crippen molar-refractivity contribution in [2.75, 3.05) is 6.54 Å². The number of piperidine rings is 1. The van der Waals surface area contributed by atoms with E-state index in [-0.39, 0.29) is 6.04 Å². The lowest BCUT2D eigenvalue weighted by Crippen LogP contribution is -2.40. The minimum Gasteiger partial charge on any atom is -0.459 e. The van der Waals surface area contributed by atoms with Gasteiger partial charge in [-0.05, 0) is 31.5 Å². The Kier molecular flexibility index (Phi) is 3.41. The van der Waals surface area contributed by atoms with Crippen LogP contribution in [0.5, 0.6) is 0 Å². The van der Waals surface area contributed by atoms with Crippen LogP contribution in [0.15, 0.2) is 27.3 Å². The number of carbonyl (C=O) groups excluding carboxylic acids is 1. The summed E-state index contributed by atoms with van der Waals surface area (Å²) in [7, 11) is 0. The van der Waals surface area contributed by atoms with Gasteiger partial charge in [0.25, 0.3) is 5.89 Å².